The summed E-state index contributed by atoms with van der Waals surface area (Å²) < 4.78 is 0. The zero-order valence-corrected chi connectivity index (χ0v) is 19.0. The third-order valence-electron chi connectivity index (χ3n) is 5.07. The topological polar surface area (TPSA) is 72.4 Å². The molecule has 0 spiro atoms. The Morgan fingerprint density at radius 3 is 2.69 bits per heavy atom. The highest BCUT2D eigenvalue weighted by Gasteiger charge is 2.20. The number of aromatic nitrogens is 3. The van der Waals surface area contributed by atoms with Crippen molar-refractivity contribution in [2.24, 2.45) is 4.99 Å². The molecule has 0 aromatic carbocycles. The average molecular weight is 505 g/mol. The van der Waals surface area contributed by atoms with Gasteiger partial charge < -0.3 is 20.1 Å². The molecular weight excluding hydrogens is 477 g/mol. The number of guanidine groups is 1. The van der Waals surface area contributed by atoms with Gasteiger partial charge in [-0.15, -0.1) is 24.0 Å². The van der Waals surface area contributed by atoms with Crippen LogP contribution < -0.4 is 10.2 Å². The average Bonchev–Trinajstić information content (AvgIpc) is 3.17. The van der Waals surface area contributed by atoms with Crippen molar-refractivity contribution in [2.75, 3.05) is 44.2 Å². The second-order valence-electron chi connectivity index (χ2n) is 6.86. The summed E-state index contributed by atoms with van der Waals surface area (Å²) in [6.07, 6.45) is 6.61. The van der Waals surface area contributed by atoms with Gasteiger partial charge in [0.2, 0.25) is 0 Å². The lowest BCUT2D eigenvalue weighted by molar-refractivity contribution is 0.371. The normalized spacial score (nSPS) is 14.7. The van der Waals surface area contributed by atoms with Gasteiger partial charge in [0, 0.05) is 63.2 Å². The van der Waals surface area contributed by atoms with Gasteiger partial charge in [-0.25, -0.2) is 9.97 Å². The van der Waals surface area contributed by atoms with Crippen LogP contribution in [0.25, 0.3) is 11.0 Å². The highest BCUT2D eigenvalue weighted by atomic mass is 127. The molecule has 1 saturated heterocycles. The number of rotatable bonds is 5. The van der Waals surface area contributed by atoms with Crippen molar-refractivity contribution in [3.8, 4) is 0 Å². The fourth-order valence-corrected chi connectivity index (χ4v) is 3.62. The zero-order valence-electron chi connectivity index (χ0n) is 16.7. The number of hydrogen-bond donors (Lipinski definition) is 2. The summed E-state index contributed by atoms with van der Waals surface area (Å²) in [6.45, 7) is 7.54. The molecule has 3 aromatic rings. The summed E-state index contributed by atoms with van der Waals surface area (Å²) in [5, 5.41) is 4.63. The van der Waals surface area contributed by atoms with Crippen molar-refractivity contribution in [3.05, 3.63) is 54.5 Å². The van der Waals surface area contributed by atoms with Gasteiger partial charge >= 0.3 is 0 Å². The quantitative estimate of drug-likeness (QED) is 0.317. The Balaban J connectivity index is 0.00000240. The zero-order chi connectivity index (χ0) is 19.2. The van der Waals surface area contributed by atoms with E-state index in [4.69, 9.17) is 4.99 Å². The van der Waals surface area contributed by atoms with Gasteiger partial charge in [-0.05, 0) is 43.2 Å². The molecule has 1 aliphatic rings. The van der Waals surface area contributed by atoms with E-state index in [2.05, 4.69) is 49.1 Å². The summed E-state index contributed by atoms with van der Waals surface area (Å²) in [5.74, 6) is 2.05. The number of halogens is 1. The van der Waals surface area contributed by atoms with E-state index in [0.29, 0.717) is 0 Å². The van der Waals surface area contributed by atoms with E-state index in [9.17, 15) is 0 Å². The first-order chi connectivity index (χ1) is 13.8. The van der Waals surface area contributed by atoms with Crippen LogP contribution in [0.3, 0.4) is 0 Å². The van der Waals surface area contributed by atoms with Gasteiger partial charge in [-0.3, -0.25) is 4.99 Å². The number of nitrogens with zero attached hydrogens (tertiary/aromatic N) is 5. The maximum absolute atomic E-state index is 4.88. The smallest absolute Gasteiger partial charge is 0.194 e. The SMILES string of the molecule is CCNC(=NCCc1c[nH]c2ncccc12)N1CCN(c2ccccn2)CC1.I. The fourth-order valence-electron chi connectivity index (χ4n) is 3.62. The Hall–Kier alpha value is -2.36. The van der Waals surface area contributed by atoms with Crippen LogP contribution in [0.5, 0.6) is 0 Å². The number of anilines is 1. The molecule has 0 aliphatic carbocycles. The molecule has 0 unspecified atom stereocenters. The summed E-state index contributed by atoms with van der Waals surface area (Å²) in [4.78, 5) is 21.6. The van der Waals surface area contributed by atoms with Crippen LogP contribution in [0.4, 0.5) is 5.82 Å². The molecule has 0 bridgehead atoms. The van der Waals surface area contributed by atoms with Crippen LogP contribution in [0, 0.1) is 0 Å². The molecule has 0 atom stereocenters. The summed E-state index contributed by atoms with van der Waals surface area (Å²) in [6, 6.07) is 10.2. The van der Waals surface area contributed by atoms with E-state index in [0.717, 1.165) is 63.1 Å². The fraction of sp³-hybridized carbons (Fsp3) is 0.381. The van der Waals surface area contributed by atoms with Crippen molar-refractivity contribution in [3.63, 3.8) is 0 Å². The Morgan fingerprint density at radius 2 is 1.93 bits per heavy atom. The molecule has 4 rings (SSSR count). The standard InChI is InChI=1S/C21H27N7.HI/c1-2-22-21(25-11-8-17-16-26-20-18(17)6-5-10-24-20)28-14-12-27(13-15-28)19-7-3-4-9-23-19;/h3-7,9-10,16H,2,8,11-15H2,1H3,(H,22,25)(H,24,26);1H. The van der Waals surface area contributed by atoms with Crippen molar-refractivity contribution in [1.82, 2.24) is 25.2 Å². The Bertz CT molecular complexity index is 917. The minimum Gasteiger partial charge on any atom is -0.357 e. The Morgan fingerprint density at radius 1 is 1.10 bits per heavy atom. The Labute approximate surface area is 188 Å². The van der Waals surface area contributed by atoms with Crippen LogP contribution >= 0.6 is 24.0 Å². The number of nitrogens with one attached hydrogen (secondary N) is 2. The van der Waals surface area contributed by atoms with E-state index in [-0.39, 0.29) is 24.0 Å². The van der Waals surface area contributed by atoms with Gasteiger partial charge in [0.15, 0.2) is 5.96 Å². The number of fused-ring (bicyclic) bond motifs is 1. The molecule has 8 heteroatoms. The minimum atomic E-state index is 0. The number of aliphatic imine (C=N–C) groups is 1. The van der Waals surface area contributed by atoms with Crippen LogP contribution in [-0.4, -0.2) is 65.1 Å². The van der Waals surface area contributed by atoms with Crippen LogP contribution in [0.2, 0.25) is 0 Å². The molecule has 0 radical (unpaired) electrons. The predicted molar refractivity (Wildman–Crippen MR) is 129 cm³/mol. The van der Waals surface area contributed by atoms with Crippen molar-refractivity contribution in [1.29, 1.82) is 0 Å². The van der Waals surface area contributed by atoms with Crippen molar-refractivity contribution >= 4 is 46.8 Å². The maximum atomic E-state index is 4.88. The monoisotopic (exact) mass is 505 g/mol. The molecule has 29 heavy (non-hydrogen) atoms. The molecule has 1 fully saturated rings. The third kappa shape index (κ3) is 5.17. The first kappa shape index (κ1) is 21.4. The van der Waals surface area contributed by atoms with E-state index in [1.165, 1.54) is 10.9 Å². The number of pyridine rings is 2. The van der Waals surface area contributed by atoms with Gasteiger partial charge in [0.1, 0.15) is 11.5 Å². The second-order valence-corrected chi connectivity index (χ2v) is 6.86. The molecule has 7 nitrogen and oxygen atoms in total. The lowest BCUT2D eigenvalue weighted by Crippen LogP contribution is -2.52. The molecular formula is C21H28IN7. The molecule has 0 amide bonds. The van der Waals surface area contributed by atoms with E-state index in [1.54, 1.807) is 0 Å². The minimum absolute atomic E-state index is 0. The highest BCUT2D eigenvalue weighted by Crippen LogP contribution is 2.16. The largest absolute Gasteiger partial charge is 0.357 e. The molecule has 4 heterocycles. The molecule has 154 valence electrons. The molecule has 1 aliphatic heterocycles. The lowest BCUT2D eigenvalue weighted by Gasteiger charge is -2.37. The lowest BCUT2D eigenvalue weighted by atomic mass is 10.1. The summed E-state index contributed by atoms with van der Waals surface area (Å²) >= 11 is 0. The highest BCUT2D eigenvalue weighted by molar-refractivity contribution is 14.0. The number of hydrogen-bond acceptors (Lipinski definition) is 4. The predicted octanol–water partition coefficient (Wildman–Crippen LogP) is 2.91. The van der Waals surface area contributed by atoms with E-state index < -0.39 is 0 Å². The first-order valence-electron chi connectivity index (χ1n) is 9.95. The number of piperazine rings is 1. The maximum Gasteiger partial charge on any atom is 0.194 e. The first-order valence-corrected chi connectivity index (χ1v) is 9.95. The third-order valence-corrected chi connectivity index (χ3v) is 5.07. The molecule has 2 N–H and O–H groups in total. The van der Waals surface area contributed by atoms with Crippen LogP contribution in [0.15, 0.2) is 53.9 Å². The van der Waals surface area contributed by atoms with Gasteiger partial charge in [0.25, 0.3) is 0 Å². The van der Waals surface area contributed by atoms with Crippen molar-refractivity contribution in [2.45, 2.75) is 13.3 Å². The summed E-state index contributed by atoms with van der Waals surface area (Å²) in [5.41, 5.74) is 2.21. The number of H-pyrrole nitrogens is 1. The van der Waals surface area contributed by atoms with Crippen LogP contribution in [-0.2, 0) is 6.42 Å². The molecule has 0 saturated carbocycles. The van der Waals surface area contributed by atoms with Crippen molar-refractivity contribution < 1.29 is 0 Å². The van der Waals surface area contributed by atoms with Crippen LogP contribution in [0.1, 0.15) is 12.5 Å². The van der Waals surface area contributed by atoms with Gasteiger partial charge in [-0.2, -0.15) is 0 Å². The Kier molecular flexibility index (Phi) is 7.68. The second kappa shape index (κ2) is 10.4. The van der Waals surface area contributed by atoms with E-state index >= 15 is 0 Å². The summed E-state index contributed by atoms with van der Waals surface area (Å²) in [7, 11) is 0. The number of aromatic amines is 1. The molecule has 3 aromatic heterocycles. The van der Waals surface area contributed by atoms with E-state index in [1.807, 2.05) is 36.8 Å². The van der Waals surface area contributed by atoms with Gasteiger partial charge in [0.05, 0.1) is 0 Å². The van der Waals surface area contributed by atoms with Gasteiger partial charge in [-0.1, -0.05) is 6.07 Å².